The van der Waals surface area contributed by atoms with Crippen LogP contribution in [0.4, 0.5) is 0 Å². The zero-order valence-electron chi connectivity index (χ0n) is 18.3. The molecule has 0 heterocycles. The summed E-state index contributed by atoms with van der Waals surface area (Å²) in [7, 11) is 12.3. The first kappa shape index (κ1) is 24.7. The van der Waals surface area contributed by atoms with Crippen LogP contribution in [0, 0.1) is 0 Å². The average Bonchev–Trinajstić information content (AvgIpc) is 2.54. The number of likely N-dealkylation sites (N-methyl/N-ethyl adjacent to an activating group) is 2. The van der Waals surface area contributed by atoms with Gasteiger partial charge in [0.05, 0.1) is 13.2 Å². The van der Waals surface area contributed by atoms with Crippen molar-refractivity contribution in [1.29, 1.82) is 0 Å². The Morgan fingerprint density at radius 3 is 1.20 bits per heavy atom. The lowest BCUT2D eigenvalue weighted by atomic mass is 10.3. The van der Waals surface area contributed by atoms with Gasteiger partial charge in [0, 0.05) is 26.3 Å². The van der Waals surface area contributed by atoms with E-state index in [2.05, 4.69) is 47.5 Å². The molecule has 2 unspecified atom stereocenters. The predicted octanol–water partition coefficient (Wildman–Crippen LogP) is 1.41. The van der Waals surface area contributed by atoms with Crippen molar-refractivity contribution < 1.29 is 14.2 Å². The van der Waals surface area contributed by atoms with Crippen LogP contribution in [0.5, 0.6) is 0 Å². The molecule has 152 valence electrons. The Labute approximate surface area is 155 Å². The van der Waals surface area contributed by atoms with Gasteiger partial charge in [0.15, 0.2) is 11.7 Å². The smallest absolute Gasteiger partial charge is 0.179 e. The molecule has 0 N–H and O–H groups in total. The molecular weight excluding hydrogens is 320 g/mol. The van der Waals surface area contributed by atoms with Crippen molar-refractivity contribution in [1.82, 2.24) is 19.6 Å². The van der Waals surface area contributed by atoms with Crippen LogP contribution in [-0.4, -0.2) is 113 Å². The van der Waals surface area contributed by atoms with Gasteiger partial charge in [-0.1, -0.05) is 0 Å². The molecule has 0 aliphatic carbocycles. The predicted molar refractivity (Wildman–Crippen MR) is 104 cm³/mol. The molecule has 0 amide bonds. The molecule has 0 bridgehead atoms. The standard InChI is InChI=1S/C18H42N4O3/c1-11-23-15-13-21(9)17(3,19(5)6)25-18(4,20(7)8)22(10)14-16-24-12-2/h11-16H2,1-10H3. The summed E-state index contributed by atoms with van der Waals surface area (Å²) in [6.07, 6.45) is 0. The van der Waals surface area contributed by atoms with Crippen LogP contribution in [-0.2, 0) is 14.2 Å². The Bertz CT molecular complexity index is 325. The fraction of sp³-hybridized carbons (Fsp3) is 1.00. The Kier molecular flexibility index (Phi) is 11.3. The Balaban J connectivity index is 5.29. The van der Waals surface area contributed by atoms with E-state index in [1.165, 1.54) is 0 Å². The number of hydrogen-bond donors (Lipinski definition) is 0. The normalized spacial score (nSPS) is 17.5. The van der Waals surface area contributed by atoms with E-state index < -0.39 is 11.7 Å². The van der Waals surface area contributed by atoms with Gasteiger partial charge < -0.3 is 14.2 Å². The molecule has 0 rings (SSSR count). The molecule has 25 heavy (non-hydrogen) atoms. The van der Waals surface area contributed by atoms with Crippen LogP contribution in [0.3, 0.4) is 0 Å². The highest BCUT2D eigenvalue weighted by molar-refractivity contribution is 4.80. The number of rotatable bonds is 14. The van der Waals surface area contributed by atoms with E-state index in [1.54, 1.807) is 0 Å². The first-order valence-corrected chi connectivity index (χ1v) is 9.19. The molecule has 0 aromatic rings. The van der Waals surface area contributed by atoms with Crippen molar-refractivity contribution in [2.75, 3.05) is 81.8 Å². The second-order valence-corrected chi connectivity index (χ2v) is 7.00. The third-order valence-electron chi connectivity index (χ3n) is 5.01. The van der Waals surface area contributed by atoms with Gasteiger partial charge in [-0.3, -0.25) is 19.6 Å². The van der Waals surface area contributed by atoms with Crippen LogP contribution < -0.4 is 0 Å². The lowest BCUT2D eigenvalue weighted by Crippen LogP contribution is -2.67. The highest BCUT2D eigenvalue weighted by Crippen LogP contribution is 2.29. The molecule has 0 aromatic heterocycles. The lowest BCUT2D eigenvalue weighted by molar-refractivity contribution is -0.343. The second-order valence-electron chi connectivity index (χ2n) is 7.00. The number of hydrogen-bond acceptors (Lipinski definition) is 7. The van der Waals surface area contributed by atoms with Crippen molar-refractivity contribution in [3.63, 3.8) is 0 Å². The minimum atomic E-state index is -0.587. The van der Waals surface area contributed by atoms with Gasteiger partial charge >= 0.3 is 0 Å². The van der Waals surface area contributed by atoms with E-state index in [4.69, 9.17) is 14.2 Å². The number of nitrogens with zero attached hydrogens (tertiary/aromatic N) is 4. The Morgan fingerprint density at radius 2 is 0.960 bits per heavy atom. The van der Waals surface area contributed by atoms with Gasteiger partial charge in [0.25, 0.3) is 0 Å². The summed E-state index contributed by atoms with van der Waals surface area (Å²) < 4.78 is 17.8. The topological polar surface area (TPSA) is 40.7 Å². The minimum absolute atomic E-state index is 0.587. The molecule has 7 nitrogen and oxygen atoms in total. The van der Waals surface area contributed by atoms with Crippen LogP contribution in [0.1, 0.15) is 27.7 Å². The fourth-order valence-corrected chi connectivity index (χ4v) is 2.49. The van der Waals surface area contributed by atoms with Gasteiger partial charge in [0.2, 0.25) is 0 Å². The summed E-state index contributed by atoms with van der Waals surface area (Å²) in [5.41, 5.74) is 0. The molecule has 0 aliphatic heterocycles. The maximum atomic E-state index is 6.73. The maximum Gasteiger partial charge on any atom is 0.179 e. The average molecular weight is 363 g/mol. The van der Waals surface area contributed by atoms with Crippen LogP contribution in [0.25, 0.3) is 0 Å². The van der Waals surface area contributed by atoms with Gasteiger partial charge in [-0.2, -0.15) is 0 Å². The first-order chi connectivity index (χ1) is 11.6. The molecule has 0 radical (unpaired) electrons. The largest absolute Gasteiger partial charge is 0.380 e. The van der Waals surface area contributed by atoms with Crippen molar-refractivity contribution >= 4 is 0 Å². The molecule has 0 spiro atoms. The third-order valence-corrected chi connectivity index (χ3v) is 5.01. The molecule has 0 saturated carbocycles. The van der Waals surface area contributed by atoms with E-state index >= 15 is 0 Å². The van der Waals surface area contributed by atoms with Crippen LogP contribution >= 0.6 is 0 Å². The SMILES string of the molecule is CCOCCN(C)C(C)(OC(C)(N(C)C)N(C)CCOCC)N(C)C. The summed E-state index contributed by atoms with van der Waals surface area (Å²) in [5, 5.41) is 0. The quantitative estimate of drug-likeness (QED) is 0.342. The monoisotopic (exact) mass is 362 g/mol. The summed E-state index contributed by atoms with van der Waals surface area (Å²) >= 11 is 0. The molecule has 0 fully saturated rings. The molecule has 2 atom stereocenters. The number of ether oxygens (including phenoxy) is 3. The summed E-state index contributed by atoms with van der Waals surface area (Å²) in [6, 6.07) is 0. The molecule has 0 aromatic carbocycles. The molecule has 0 saturated heterocycles. The van der Waals surface area contributed by atoms with Gasteiger partial charge in [-0.05, 0) is 70.0 Å². The third kappa shape index (κ3) is 7.09. The van der Waals surface area contributed by atoms with Crippen LogP contribution in [0.2, 0.25) is 0 Å². The van der Waals surface area contributed by atoms with E-state index in [1.807, 2.05) is 42.0 Å². The first-order valence-electron chi connectivity index (χ1n) is 9.19. The van der Waals surface area contributed by atoms with E-state index in [-0.39, 0.29) is 0 Å². The van der Waals surface area contributed by atoms with Crippen molar-refractivity contribution in [2.45, 2.75) is 39.4 Å². The molecular formula is C18H42N4O3. The Hall–Kier alpha value is -0.280. The Morgan fingerprint density at radius 1 is 0.640 bits per heavy atom. The van der Waals surface area contributed by atoms with Crippen molar-refractivity contribution in [2.24, 2.45) is 0 Å². The van der Waals surface area contributed by atoms with Crippen LogP contribution in [0.15, 0.2) is 0 Å². The maximum absolute atomic E-state index is 6.73. The van der Waals surface area contributed by atoms with Gasteiger partial charge in [0.1, 0.15) is 0 Å². The molecule has 0 aliphatic rings. The summed E-state index contributed by atoms with van der Waals surface area (Å²) in [6.45, 7) is 12.6. The van der Waals surface area contributed by atoms with E-state index in [9.17, 15) is 0 Å². The highest BCUT2D eigenvalue weighted by atomic mass is 16.6. The zero-order valence-corrected chi connectivity index (χ0v) is 18.3. The summed E-state index contributed by atoms with van der Waals surface area (Å²) in [5.74, 6) is -1.17. The van der Waals surface area contributed by atoms with Gasteiger partial charge in [-0.25, -0.2) is 0 Å². The highest BCUT2D eigenvalue weighted by Gasteiger charge is 2.44. The second kappa shape index (κ2) is 11.4. The van der Waals surface area contributed by atoms with Crippen molar-refractivity contribution in [3.8, 4) is 0 Å². The minimum Gasteiger partial charge on any atom is -0.380 e. The lowest BCUT2D eigenvalue weighted by Gasteiger charge is -2.53. The fourth-order valence-electron chi connectivity index (χ4n) is 2.49. The van der Waals surface area contributed by atoms with E-state index in [0.717, 1.165) is 26.3 Å². The zero-order chi connectivity index (χ0) is 19.7. The van der Waals surface area contributed by atoms with E-state index in [0.29, 0.717) is 13.2 Å². The summed E-state index contributed by atoms with van der Waals surface area (Å²) in [4.78, 5) is 8.55. The van der Waals surface area contributed by atoms with Crippen molar-refractivity contribution in [3.05, 3.63) is 0 Å². The molecule has 7 heteroatoms. The van der Waals surface area contributed by atoms with Gasteiger partial charge in [-0.15, -0.1) is 0 Å².